The zero-order valence-electron chi connectivity index (χ0n) is 7.39. The van der Waals surface area contributed by atoms with Gasteiger partial charge in [0.15, 0.2) is 0 Å². The van der Waals surface area contributed by atoms with Gasteiger partial charge in [0.2, 0.25) is 0 Å². The lowest BCUT2D eigenvalue weighted by Crippen LogP contribution is -2.10. The molecule has 0 aliphatic heterocycles. The first kappa shape index (κ1) is 12.5. The Morgan fingerprint density at radius 3 is 2.25 bits per heavy atom. The highest BCUT2D eigenvalue weighted by atomic mass is 35.5. The van der Waals surface area contributed by atoms with Crippen LogP contribution in [0.25, 0.3) is 0 Å². The van der Waals surface area contributed by atoms with Gasteiger partial charge in [-0.1, -0.05) is 0 Å². The smallest absolute Gasteiger partial charge is 0.0700 e. The first-order chi connectivity index (χ1) is 5.85. The number of halogens is 2. The van der Waals surface area contributed by atoms with Crippen molar-refractivity contribution in [2.24, 2.45) is 5.92 Å². The zero-order valence-corrected chi connectivity index (χ0v) is 8.90. The summed E-state index contributed by atoms with van der Waals surface area (Å²) in [6.07, 6.45) is 0.927. The summed E-state index contributed by atoms with van der Waals surface area (Å²) in [5.41, 5.74) is 0. The highest BCUT2D eigenvalue weighted by molar-refractivity contribution is 6.20. The van der Waals surface area contributed by atoms with Gasteiger partial charge in [0.1, 0.15) is 0 Å². The van der Waals surface area contributed by atoms with Crippen molar-refractivity contribution in [3.63, 3.8) is 0 Å². The normalized spacial score (nSPS) is 11.0. The molecule has 0 fully saturated rings. The second-order valence-corrected chi connectivity index (χ2v) is 3.19. The Morgan fingerprint density at radius 1 is 1.08 bits per heavy atom. The molecular weight excluding hydrogens is 199 g/mol. The lowest BCUT2D eigenvalue weighted by atomic mass is 10.1. The van der Waals surface area contributed by atoms with E-state index in [1.54, 1.807) is 7.11 Å². The van der Waals surface area contributed by atoms with Crippen LogP contribution < -0.4 is 0 Å². The molecule has 0 radical (unpaired) electrons. The molecule has 4 heteroatoms. The predicted octanol–water partition coefficient (Wildman–Crippen LogP) is 2.13. The van der Waals surface area contributed by atoms with Gasteiger partial charge in [-0.25, -0.2) is 0 Å². The summed E-state index contributed by atoms with van der Waals surface area (Å²) in [7, 11) is 1.66. The van der Waals surface area contributed by atoms with Crippen molar-refractivity contribution < 1.29 is 9.47 Å². The van der Waals surface area contributed by atoms with Crippen molar-refractivity contribution in [1.82, 2.24) is 0 Å². The Labute approximate surface area is 84.1 Å². The van der Waals surface area contributed by atoms with Crippen molar-refractivity contribution >= 4 is 23.2 Å². The van der Waals surface area contributed by atoms with Gasteiger partial charge in [0.25, 0.3) is 0 Å². The molecule has 12 heavy (non-hydrogen) atoms. The van der Waals surface area contributed by atoms with Crippen molar-refractivity contribution in [1.29, 1.82) is 0 Å². The summed E-state index contributed by atoms with van der Waals surface area (Å²) in [4.78, 5) is 0. The molecule has 0 aliphatic rings. The van der Waals surface area contributed by atoms with Gasteiger partial charge in [0, 0.05) is 25.5 Å². The van der Waals surface area contributed by atoms with Gasteiger partial charge in [0.05, 0.1) is 13.2 Å². The van der Waals surface area contributed by atoms with Crippen LogP contribution >= 0.6 is 23.2 Å². The van der Waals surface area contributed by atoms with Crippen molar-refractivity contribution in [3.8, 4) is 0 Å². The lowest BCUT2D eigenvalue weighted by molar-refractivity contribution is 0.0657. The van der Waals surface area contributed by atoms with E-state index >= 15 is 0 Å². The number of ether oxygens (including phenoxy) is 2. The fourth-order valence-corrected chi connectivity index (χ4v) is 1.33. The molecule has 0 aromatic heterocycles. The minimum Gasteiger partial charge on any atom is -0.382 e. The van der Waals surface area contributed by atoms with E-state index in [0.29, 0.717) is 37.5 Å². The molecule has 0 saturated heterocycles. The maximum absolute atomic E-state index is 5.64. The topological polar surface area (TPSA) is 18.5 Å². The SMILES string of the molecule is COCCOCCC(CCl)CCl. The fraction of sp³-hybridized carbons (Fsp3) is 1.00. The first-order valence-electron chi connectivity index (χ1n) is 4.03. The Hall–Kier alpha value is 0.500. The van der Waals surface area contributed by atoms with Crippen LogP contribution in [-0.2, 0) is 9.47 Å². The predicted molar refractivity (Wildman–Crippen MR) is 52.2 cm³/mol. The Bertz CT molecular complexity index is 87.1. The van der Waals surface area contributed by atoms with Crippen LogP contribution in [0.4, 0.5) is 0 Å². The highest BCUT2D eigenvalue weighted by Gasteiger charge is 2.04. The minimum atomic E-state index is 0.371. The summed E-state index contributed by atoms with van der Waals surface area (Å²) in [5.74, 6) is 1.59. The maximum atomic E-state index is 5.64. The number of hydrogen-bond acceptors (Lipinski definition) is 2. The van der Waals surface area contributed by atoms with Crippen LogP contribution in [0.15, 0.2) is 0 Å². The molecule has 0 heterocycles. The quantitative estimate of drug-likeness (QED) is 0.456. The van der Waals surface area contributed by atoms with E-state index in [0.717, 1.165) is 6.42 Å². The van der Waals surface area contributed by atoms with Gasteiger partial charge >= 0.3 is 0 Å². The van der Waals surface area contributed by atoms with Crippen LogP contribution in [0, 0.1) is 5.92 Å². The molecule has 0 unspecified atom stereocenters. The molecule has 74 valence electrons. The van der Waals surface area contributed by atoms with Crippen LogP contribution in [0.3, 0.4) is 0 Å². The van der Waals surface area contributed by atoms with Crippen molar-refractivity contribution in [2.45, 2.75) is 6.42 Å². The van der Waals surface area contributed by atoms with Gasteiger partial charge < -0.3 is 9.47 Å². The number of hydrogen-bond donors (Lipinski definition) is 0. The highest BCUT2D eigenvalue weighted by Crippen LogP contribution is 2.07. The number of alkyl halides is 2. The minimum absolute atomic E-state index is 0.371. The summed E-state index contributed by atoms with van der Waals surface area (Å²) >= 11 is 11.3. The second-order valence-electron chi connectivity index (χ2n) is 2.57. The third-order valence-electron chi connectivity index (χ3n) is 1.54. The summed E-state index contributed by atoms with van der Waals surface area (Å²) in [6, 6.07) is 0. The standard InChI is InChI=1S/C8H16Cl2O2/c1-11-4-5-12-3-2-8(6-9)7-10/h8H,2-7H2,1H3. The number of rotatable bonds is 8. The third kappa shape index (κ3) is 7.17. The van der Waals surface area contributed by atoms with Crippen LogP contribution in [0.1, 0.15) is 6.42 Å². The van der Waals surface area contributed by atoms with E-state index in [2.05, 4.69) is 0 Å². The molecular formula is C8H16Cl2O2. The Morgan fingerprint density at radius 2 is 1.75 bits per heavy atom. The lowest BCUT2D eigenvalue weighted by Gasteiger charge is -2.09. The van der Waals surface area contributed by atoms with Crippen LogP contribution in [0.2, 0.25) is 0 Å². The number of methoxy groups -OCH3 is 1. The molecule has 2 nitrogen and oxygen atoms in total. The van der Waals surface area contributed by atoms with Crippen molar-refractivity contribution in [2.75, 3.05) is 38.7 Å². The molecule has 0 amide bonds. The van der Waals surface area contributed by atoms with E-state index in [1.807, 2.05) is 0 Å². The Balaban J connectivity index is 3.06. The van der Waals surface area contributed by atoms with Crippen molar-refractivity contribution in [3.05, 3.63) is 0 Å². The van der Waals surface area contributed by atoms with E-state index in [9.17, 15) is 0 Å². The van der Waals surface area contributed by atoms with Gasteiger partial charge in [-0.15, -0.1) is 23.2 Å². The molecule has 0 bridgehead atoms. The molecule has 0 atom stereocenters. The molecule has 0 spiro atoms. The zero-order chi connectivity index (χ0) is 9.23. The van der Waals surface area contributed by atoms with Crippen LogP contribution in [0.5, 0.6) is 0 Å². The average molecular weight is 215 g/mol. The van der Waals surface area contributed by atoms with Gasteiger partial charge in [-0.05, 0) is 12.3 Å². The second kappa shape index (κ2) is 9.59. The van der Waals surface area contributed by atoms with E-state index in [4.69, 9.17) is 32.7 Å². The monoisotopic (exact) mass is 214 g/mol. The molecule has 0 N–H and O–H groups in total. The van der Waals surface area contributed by atoms with Gasteiger partial charge in [-0.3, -0.25) is 0 Å². The van der Waals surface area contributed by atoms with E-state index in [1.165, 1.54) is 0 Å². The van der Waals surface area contributed by atoms with Crippen LogP contribution in [-0.4, -0.2) is 38.7 Å². The molecule has 0 aromatic rings. The molecule has 0 rings (SSSR count). The molecule has 0 aromatic carbocycles. The summed E-state index contributed by atoms with van der Waals surface area (Å²) in [5, 5.41) is 0. The molecule has 0 aliphatic carbocycles. The molecule has 0 saturated carbocycles. The fourth-order valence-electron chi connectivity index (χ4n) is 0.690. The first-order valence-corrected chi connectivity index (χ1v) is 5.10. The van der Waals surface area contributed by atoms with E-state index < -0.39 is 0 Å². The third-order valence-corrected chi connectivity index (χ3v) is 2.41. The average Bonchev–Trinajstić information content (AvgIpc) is 2.11. The summed E-state index contributed by atoms with van der Waals surface area (Å²) < 4.78 is 10.1. The Kier molecular flexibility index (Phi) is 9.99. The summed E-state index contributed by atoms with van der Waals surface area (Å²) in [6.45, 7) is 2.01. The maximum Gasteiger partial charge on any atom is 0.0700 e. The van der Waals surface area contributed by atoms with E-state index in [-0.39, 0.29) is 0 Å². The van der Waals surface area contributed by atoms with Gasteiger partial charge in [-0.2, -0.15) is 0 Å². The largest absolute Gasteiger partial charge is 0.382 e.